The molecule has 0 aromatic heterocycles. The van der Waals surface area contributed by atoms with Crippen molar-refractivity contribution in [1.82, 2.24) is 0 Å². The molecular weight excluding hydrogens is 356 g/mol. The summed E-state index contributed by atoms with van der Waals surface area (Å²) < 4.78 is 25.9. The Labute approximate surface area is 153 Å². The fraction of sp³-hybridized carbons (Fsp3) is 0.278. The number of nitrogens with one attached hydrogen (secondary N) is 2. The number of carbonyl (C=O) groups excluding carboxylic acids is 1. The standard InChI is InChI=1S/C18H22N2O3S2/c1-5-25(22,23)20-17-9-7-14(10-13(17)3)19-18(21)16-11-15(24-4)8-6-12(16)2/h6-11,20H,5H2,1-4H3,(H,19,21). The molecule has 0 saturated carbocycles. The number of benzene rings is 2. The first-order valence-electron chi connectivity index (χ1n) is 7.83. The molecule has 0 bridgehead atoms. The van der Waals surface area contributed by atoms with Crippen molar-refractivity contribution in [1.29, 1.82) is 0 Å². The molecule has 5 nitrogen and oxygen atoms in total. The van der Waals surface area contributed by atoms with Gasteiger partial charge in [-0.1, -0.05) is 6.07 Å². The molecule has 0 aliphatic heterocycles. The van der Waals surface area contributed by atoms with Crippen LogP contribution in [0.15, 0.2) is 41.3 Å². The molecule has 1 amide bonds. The largest absolute Gasteiger partial charge is 0.322 e. The van der Waals surface area contributed by atoms with Crippen molar-refractivity contribution in [2.24, 2.45) is 0 Å². The van der Waals surface area contributed by atoms with Crippen LogP contribution >= 0.6 is 11.8 Å². The van der Waals surface area contributed by atoms with Gasteiger partial charge >= 0.3 is 0 Å². The number of rotatable bonds is 6. The lowest BCUT2D eigenvalue weighted by Crippen LogP contribution is -2.16. The Morgan fingerprint density at radius 1 is 1.08 bits per heavy atom. The quantitative estimate of drug-likeness (QED) is 0.744. The molecule has 0 unspecified atom stereocenters. The Morgan fingerprint density at radius 2 is 1.80 bits per heavy atom. The average Bonchev–Trinajstić information content (AvgIpc) is 2.57. The van der Waals surface area contributed by atoms with Crippen LogP contribution in [0.4, 0.5) is 11.4 Å². The van der Waals surface area contributed by atoms with Crippen LogP contribution < -0.4 is 10.0 Å². The van der Waals surface area contributed by atoms with Gasteiger partial charge in [0.25, 0.3) is 5.91 Å². The Balaban J connectivity index is 2.21. The topological polar surface area (TPSA) is 75.3 Å². The maximum atomic E-state index is 12.5. The predicted molar refractivity (Wildman–Crippen MR) is 105 cm³/mol. The Morgan fingerprint density at radius 3 is 2.40 bits per heavy atom. The maximum absolute atomic E-state index is 12.5. The summed E-state index contributed by atoms with van der Waals surface area (Å²) in [6.45, 7) is 5.27. The molecule has 2 rings (SSSR count). The van der Waals surface area contributed by atoms with Gasteiger partial charge in [-0.25, -0.2) is 8.42 Å². The van der Waals surface area contributed by atoms with Gasteiger partial charge in [-0.3, -0.25) is 9.52 Å². The highest BCUT2D eigenvalue weighted by Crippen LogP contribution is 2.23. The Bertz CT molecular complexity index is 893. The molecule has 2 N–H and O–H groups in total. The average molecular weight is 379 g/mol. The molecule has 0 fully saturated rings. The lowest BCUT2D eigenvalue weighted by atomic mass is 10.1. The summed E-state index contributed by atoms with van der Waals surface area (Å²) in [5.41, 5.74) is 3.40. The molecule has 134 valence electrons. The second-order valence-corrected chi connectivity index (χ2v) is 8.56. The monoisotopic (exact) mass is 378 g/mol. The molecule has 7 heteroatoms. The first kappa shape index (κ1) is 19.3. The predicted octanol–water partition coefficient (Wildman–Crippen LogP) is 4.04. The zero-order valence-electron chi connectivity index (χ0n) is 14.7. The zero-order chi connectivity index (χ0) is 18.6. The number of anilines is 2. The summed E-state index contributed by atoms with van der Waals surface area (Å²) in [5, 5.41) is 2.87. The normalized spacial score (nSPS) is 11.2. The maximum Gasteiger partial charge on any atom is 0.255 e. The fourth-order valence-electron chi connectivity index (χ4n) is 2.27. The van der Waals surface area contributed by atoms with Crippen molar-refractivity contribution >= 4 is 39.1 Å². The number of hydrogen-bond donors (Lipinski definition) is 2. The number of aryl methyl sites for hydroxylation is 2. The summed E-state index contributed by atoms with van der Waals surface area (Å²) in [6, 6.07) is 10.9. The van der Waals surface area contributed by atoms with Crippen LogP contribution in [0.2, 0.25) is 0 Å². The van der Waals surface area contributed by atoms with Gasteiger partial charge < -0.3 is 5.32 Å². The number of carbonyl (C=O) groups is 1. The third-order valence-electron chi connectivity index (χ3n) is 3.82. The van der Waals surface area contributed by atoms with Crippen LogP contribution in [0.3, 0.4) is 0 Å². The molecule has 0 atom stereocenters. The summed E-state index contributed by atoms with van der Waals surface area (Å²) >= 11 is 1.58. The molecule has 0 aliphatic rings. The van der Waals surface area contributed by atoms with E-state index in [1.165, 1.54) is 0 Å². The third-order valence-corrected chi connectivity index (χ3v) is 5.84. The first-order valence-corrected chi connectivity index (χ1v) is 10.7. The SMILES string of the molecule is CCS(=O)(=O)Nc1ccc(NC(=O)c2cc(SC)ccc2C)cc1C. The van der Waals surface area contributed by atoms with Gasteiger partial charge in [0.05, 0.1) is 11.4 Å². The number of hydrogen-bond acceptors (Lipinski definition) is 4. The highest BCUT2D eigenvalue weighted by Gasteiger charge is 2.12. The van der Waals surface area contributed by atoms with E-state index in [0.29, 0.717) is 16.9 Å². The number of sulfonamides is 1. The number of thioether (sulfide) groups is 1. The highest BCUT2D eigenvalue weighted by molar-refractivity contribution is 7.98. The van der Waals surface area contributed by atoms with E-state index in [0.717, 1.165) is 16.0 Å². The molecule has 0 radical (unpaired) electrons. The summed E-state index contributed by atoms with van der Waals surface area (Å²) in [5.74, 6) is -0.176. The molecule has 2 aromatic carbocycles. The van der Waals surface area contributed by atoms with E-state index < -0.39 is 10.0 Å². The molecule has 25 heavy (non-hydrogen) atoms. The van der Waals surface area contributed by atoms with Crippen LogP contribution in [-0.4, -0.2) is 26.3 Å². The van der Waals surface area contributed by atoms with Gasteiger partial charge in [-0.15, -0.1) is 11.8 Å². The van der Waals surface area contributed by atoms with E-state index in [1.807, 2.05) is 31.4 Å². The van der Waals surface area contributed by atoms with E-state index >= 15 is 0 Å². The van der Waals surface area contributed by atoms with Gasteiger partial charge in [0, 0.05) is 16.1 Å². The molecule has 0 aliphatic carbocycles. The smallest absolute Gasteiger partial charge is 0.255 e. The third kappa shape index (κ3) is 4.99. The summed E-state index contributed by atoms with van der Waals surface area (Å²) in [6.07, 6.45) is 1.96. The van der Waals surface area contributed by atoms with Crippen LogP contribution in [0.1, 0.15) is 28.4 Å². The van der Waals surface area contributed by atoms with Gasteiger partial charge in [0.1, 0.15) is 0 Å². The summed E-state index contributed by atoms with van der Waals surface area (Å²) in [7, 11) is -3.33. The summed E-state index contributed by atoms with van der Waals surface area (Å²) in [4.78, 5) is 13.6. The van der Waals surface area contributed by atoms with Gasteiger partial charge in [-0.05, 0) is 68.5 Å². The zero-order valence-corrected chi connectivity index (χ0v) is 16.3. The van der Waals surface area contributed by atoms with E-state index in [-0.39, 0.29) is 11.7 Å². The van der Waals surface area contributed by atoms with Gasteiger partial charge in [-0.2, -0.15) is 0 Å². The van der Waals surface area contributed by atoms with E-state index in [4.69, 9.17) is 0 Å². The van der Waals surface area contributed by atoms with Crippen LogP contribution in [0, 0.1) is 13.8 Å². The fourth-order valence-corrected chi connectivity index (χ4v) is 3.42. The van der Waals surface area contributed by atoms with E-state index in [9.17, 15) is 13.2 Å². The van der Waals surface area contributed by atoms with Crippen molar-refractivity contribution in [3.05, 3.63) is 53.1 Å². The Hall–Kier alpha value is -1.99. The van der Waals surface area contributed by atoms with Crippen molar-refractivity contribution in [3.8, 4) is 0 Å². The lowest BCUT2D eigenvalue weighted by Gasteiger charge is -2.13. The van der Waals surface area contributed by atoms with Crippen molar-refractivity contribution in [2.45, 2.75) is 25.7 Å². The molecule has 0 saturated heterocycles. The van der Waals surface area contributed by atoms with Crippen molar-refractivity contribution < 1.29 is 13.2 Å². The molecule has 0 heterocycles. The van der Waals surface area contributed by atoms with E-state index in [2.05, 4.69) is 10.0 Å². The number of amides is 1. The van der Waals surface area contributed by atoms with Crippen molar-refractivity contribution in [3.63, 3.8) is 0 Å². The van der Waals surface area contributed by atoms with Crippen LogP contribution in [-0.2, 0) is 10.0 Å². The van der Waals surface area contributed by atoms with Crippen LogP contribution in [0.5, 0.6) is 0 Å². The molecule has 0 spiro atoms. The minimum Gasteiger partial charge on any atom is -0.322 e. The molecular formula is C18H22N2O3S2. The molecule has 2 aromatic rings. The lowest BCUT2D eigenvalue weighted by molar-refractivity contribution is 0.102. The van der Waals surface area contributed by atoms with Gasteiger partial charge in [0.2, 0.25) is 10.0 Å². The van der Waals surface area contributed by atoms with Gasteiger partial charge in [0.15, 0.2) is 0 Å². The van der Waals surface area contributed by atoms with Crippen molar-refractivity contribution in [2.75, 3.05) is 22.0 Å². The minimum atomic E-state index is -3.33. The van der Waals surface area contributed by atoms with E-state index in [1.54, 1.807) is 43.8 Å². The first-order chi connectivity index (χ1) is 11.8. The Kier molecular flexibility index (Phi) is 6.13. The second kappa shape index (κ2) is 7.93. The second-order valence-electron chi connectivity index (χ2n) is 5.67. The van der Waals surface area contributed by atoms with Crippen LogP contribution in [0.25, 0.3) is 0 Å². The highest BCUT2D eigenvalue weighted by atomic mass is 32.2. The minimum absolute atomic E-state index is 0.00991.